The number of carbonyl (C=O) groups excluding carboxylic acids is 1. The number of para-hydroxylation sites is 1. The molecule has 1 rings (SSSR count). The summed E-state index contributed by atoms with van der Waals surface area (Å²) >= 11 is 0. The van der Waals surface area contributed by atoms with E-state index in [9.17, 15) is 4.79 Å². The van der Waals surface area contributed by atoms with E-state index in [0.29, 0.717) is 6.54 Å². The second-order valence-electron chi connectivity index (χ2n) is 4.70. The first kappa shape index (κ1) is 15.5. The van der Waals surface area contributed by atoms with Crippen LogP contribution in [0.4, 0.5) is 0 Å². The quantitative estimate of drug-likeness (QED) is 0.856. The monoisotopic (exact) mass is 264 g/mol. The molecule has 0 radical (unpaired) electrons. The molecule has 0 saturated carbocycles. The van der Waals surface area contributed by atoms with Crippen molar-refractivity contribution in [3.8, 4) is 5.75 Å². The van der Waals surface area contributed by atoms with Crippen molar-refractivity contribution in [1.29, 1.82) is 0 Å². The van der Waals surface area contributed by atoms with Crippen LogP contribution in [0.3, 0.4) is 0 Å². The zero-order valence-corrected chi connectivity index (χ0v) is 12.4. The van der Waals surface area contributed by atoms with E-state index < -0.39 is 0 Å². The molecule has 0 aliphatic carbocycles. The molecule has 0 fully saturated rings. The second-order valence-corrected chi connectivity index (χ2v) is 4.70. The van der Waals surface area contributed by atoms with Gasteiger partial charge >= 0.3 is 0 Å². The number of methoxy groups -OCH3 is 1. The minimum absolute atomic E-state index is 0.0559. The lowest BCUT2D eigenvalue weighted by Crippen LogP contribution is -2.43. The third kappa shape index (κ3) is 3.96. The lowest BCUT2D eigenvalue weighted by Gasteiger charge is -2.24. The van der Waals surface area contributed by atoms with Gasteiger partial charge in [-0.15, -0.1) is 0 Å². The van der Waals surface area contributed by atoms with Crippen molar-refractivity contribution in [2.45, 2.75) is 32.9 Å². The largest absolute Gasteiger partial charge is 0.496 e. The number of likely N-dealkylation sites (N-methyl/N-ethyl adjacent to an activating group) is 1. The first-order valence-corrected chi connectivity index (χ1v) is 6.65. The van der Waals surface area contributed by atoms with Gasteiger partial charge in [-0.2, -0.15) is 0 Å². The Bertz CT molecular complexity index is 420. The third-order valence-corrected chi connectivity index (χ3v) is 3.33. The molecule has 4 heteroatoms. The van der Waals surface area contributed by atoms with Crippen LogP contribution in [-0.4, -0.2) is 37.6 Å². The summed E-state index contributed by atoms with van der Waals surface area (Å²) in [4.78, 5) is 13.7. The van der Waals surface area contributed by atoms with E-state index in [0.717, 1.165) is 11.3 Å². The highest BCUT2D eigenvalue weighted by Gasteiger charge is 2.20. The molecule has 106 valence electrons. The Balaban J connectivity index is 2.74. The normalized spacial score (nSPS) is 13.7. The summed E-state index contributed by atoms with van der Waals surface area (Å²) in [5, 5.41) is 3.31. The lowest BCUT2D eigenvalue weighted by atomic mass is 10.1. The molecule has 19 heavy (non-hydrogen) atoms. The van der Waals surface area contributed by atoms with E-state index in [1.54, 1.807) is 12.0 Å². The van der Waals surface area contributed by atoms with Crippen LogP contribution in [0.2, 0.25) is 0 Å². The fourth-order valence-electron chi connectivity index (χ4n) is 2.05. The molecule has 1 amide bonds. The van der Waals surface area contributed by atoms with Crippen LogP contribution in [0.25, 0.3) is 0 Å². The predicted octanol–water partition coefficient (Wildman–Crippen LogP) is 2.21. The Morgan fingerprint density at radius 3 is 2.58 bits per heavy atom. The van der Waals surface area contributed by atoms with Crippen LogP contribution < -0.4 is 10.1 Å². The molecule has 0 saturated heterocycles. The molecular formula is C15H24N2O2. The Morgan fingerprint density at radius 2 is 2.00 bits per heavy atom. The van der Waals surface area contributed by atoms with Gasteiger partial charge in [-0.3, -0.25) is 10.1 Å². The molecule has 2 unspecified atom stereocenters. The van der Waals surface area contributed by atoms with E-state index in [4.69, 9.17) is 4.74 Å². The van der Waals surface area contributed by atoms with Gasteiger partial charge in [0.05, 0.1) is 13.2 Å². The van der Waals surface area contributed by atoms with Gasteiger partial charge in [-0.25, -0.2) is 0 Å². The summed E-state index contributed by atoms with van der Waals surface area (Å²) in [5.74, 6) is 0.940. The average Bonchev–Trinajstić information content (AvgIpc) is 2.45. The van der Waals surface area contributed by atoms with E-state index >= 15 is 0 Å². The molecule has 0 aliphatic heterocycles. The molecule has 1 N–H and O–H groups in total. The van der Waals surface area contributed by atoms with Crippen molar-refractivity contribution in [3.63, 3.8) is 0 Å². The summed E-state index contributed by atoms with van der Waals surface area (Å²) in [5.41, 5.74) is 1.06. The number of ether oxygens (including phenoxy) is 1. The van der Waals surface area contributed by atoms with Crippen molar-refractivity contribution in [3.05, 3.63) is 29.8 Å². The van der Waals surface area contributed by atoms with Crippen molar-refractivity contribution in [1.82, 2.24) is 10.2 Å². The molecule has 0 spiro atoms. The van der Waals surface area contributed by atoms with Gasteiger partial charge < -0.3 is 9.64 Å². The first-order valence-electron chi connectivity index (χ1n) is 6.65. The van der Waals surface area contributed by atoms with E-state index in [-0.39, 0.29) is 18.0 Å². The molecule has 4 nitrogen and oxygen atoms in total. The number of hydrogen-bond acceptors (Lipinski definition) is 3. The van der Waals surface area contributed by atoms with Gasteiger partial charge in [-0.05, 0) is 26.8 Å². The van der Waals surface area contributed by atoms with E-state index in [1.807, 2.05) is 52.1 Å². The van der Waals surface area contributed by atoms with Crippen LogP contribution in [0, 0.1) is 0 Å². The fraction of sp³-hybridized carbons (Fsp3) is 0.533. The van der Waals surface area contributed by atoms with Crippen LogP contribution >= 0.6 is 0 Å². The number of rotatable bonds is 6. The SMILES string of the molecule is CCN(C)C(=O)C(C)NC(C)c1ccccc1OC. The number of carbonyl (C=O) groups is 1. The first-order chi connectivity index (χ1) is 9.01. The highest BCUT2D eigenvalue weighted by atomic mass is 16.5. The topological polar surface area (TPSA) is 41.6 Å². The number of hydrogen-bond donors (Lipinski definition) is 1. The van der Waals surface area contributed by atoms with Crippen LogP contribution in [-0.2, 0) is 4.79 Å². The minimum Gasteiger partial charge on any atom is -0.496 e. The van der Waals surface area contributed by atoms with Crippen LogP contribution in [0.15, 0.2) is 24.3 Å². The van der Waals surface area contributed by atoms with Gasteiger partial charge in [-0.1, -0.05) is 18.2 Å². The summed E-state index contributed by atoms with van der Waals surface area (Å²) in [6.45, 7) is 6.61. The van der Waals surface area contributed by atoms with Crippen molar-refractivity contribution in [2.24, 2.45) is 0 Å². The minimum atomic E-state index is -0.218. The Labute approximate surface area is 115 Å². The average molecular weight is 264 g/mol. The van der Waals surface area contributed by atoms with Crippen molar-refractivity contribution >= 4 is 5.91 Å². The van der Waals surface area contributed by atoms with Gasteiger partial charge in [0.15, 0.2) is 0 Å². The maximum absolute atomic E-state index is 12.0. The standard InChI is InChI=1S/C15H24N2O2/c1-6-17(4)15(18)12(3)16-11(2)13-9-7-8-10-14(13)19-5/h7-12,16H,6H2,1-5H3. The van der Waals surface area contributed by atoms with Gasteiger partial charge in [0.25, 0.3) is 0 Å². The van der Waals surface area contributed by atoms with E-state index in [2.05, 4.69) is 5.32 Å². The number of amides is 1. The smallest absolute Gasteiger partial charge is 0.239 e. The maximum atomic E-state index is 12.0. The number of benzene rings is 1. The van der Waals surface area contributed by atoms with Crippen LogP contribution in [0.5, 0.6) is 5.75 Å². The number of nitrogens with zero attached hydrogens (tertiary/aromatic N) is 1. The molecule has 0 aromatic heterocycles. The summed E-state index contributed by atoms with van der Waals surface area (Å²) in [7, 11) is 3.47. The summed E-state index contributed by atoms with van der Waals surface area (Å²) in [6, 6.07) is 7.69. The zero-order valence-electron chi connectivity index (χ0n) is 12.4. The Morgan fingerprint density at radius 1 is 1.37 bits per heavy atom. The summed E-state index contributed by atoms with van der Waals surface area (Å²) < 4.78 is 5.34. The molecule has 0 aliphatic rings. The van der Waals surface area contributed by atoms with Gasteiger partial charge in [0, 0.05) is 25.2 Å². The second kappa shape index (κ2) is 7.14. The molecule has 1 aromatic carbocycles. The molecule has 2 atom stereocenters. The third-order valence-electron chi connectivity index (χ3n) is 3.33. The Kier molecular flexibility index (Phi) is 5.83. The molecule has 1 aromatic rings. The Hall–Kier alpha value is -1.55. The molecule has 0 bridgehead atoms. The molecule has 0 heterocycles. The highest BCUT2D eigenvalue weighted by Crippen LogP contribution is 2.24. The maximum Gasteiger partial charge on any atom is 0.239 e. The number of nitrogens with one attached hydrogen (secondary N) is 1. The zero-order chi connectivity index (χ0) is 14.4. The summed E-state index contributed by atoms with van der Waals surface area (Å²) in [6.07, 6.45) is 0. The van der Waals surface area contributed by atoms with Gasteiger partial charge in [0.1, 0.15) is 5.75 Å². The highest BCUT2D eigenvalue weighted by molar-refractivity contribution is 5.81. The van der Waals surface area contributed by atoms with Crippen molar-refractivity contribution in [2.75, 3.05) is 20.7 Å². The lowest BCUT2D eigenvalue weighted by molar-refractivity contribution is -0.131. The fourth-order valence-corrected chi connectivity index (χ4v) is 2.05. The van der Waals surface area contributed by atoms with E-state index in [1.165, 1.54) is 0 Å². The molecular weight excluding hydrogens is 240 g/mol. The van der Waals surface area contributed by atoms with Crippen molar-refractivity contribution < 1.29 is 9.53 Å². The van der Waals surface area contributed by atoms with Crippen LogP contribution in [0.1, 0.15) is 32.4 Å². The van der Waals surface area contributed by atoms with Gasteiger partial charge in [0.2, 0.25) is 5.91 Å². The predicted molar refractivity (Wildman–Crippen MR) is 77.3 cm³/mol.